The molecule has 1 aromatic carbocycles. The van der Waals surface area contributed by atoms with Gasteiger partial charge in [-0.05, 0) is 38.8 Å². The predicted octanol–water partition coefficient (Wildman–Crippen LogP) is 2.89. The quantitative estimate of drug-likeness (QED) is 0.865. The first kappa shape index (κ1) is 20.1. The van der Waals surface area contributed by atoms with Crippen LogP contribution in [-0.4, -0.2) is 41.7 Å². The van der Waals surface area contributed by atoms with Crippen LogP contribution in [0.1, 0.15) is 32.8 Å². The third-order valence-corrected chi connectivity index (χ3v) is 4.20. The minimum absolute atomic E-state index is 0.0680. The van der Waals surface area contributed by atoms with E-state index in [1.54, 1.807) is 11.0 Å². The van der Waals surface area contributed by atoms with Gasteiger partial charge in [0.2, 0.25) is 11.8 Å². The van der Waals surface area contributed by atoms with Gasteiger partial charge in [-0.25, -0.2) is 0 Å². The summed E-state index contributed by atoms with van der Waals surface area (Å²) < 4.78 is 41.2. The Labute approximate surface area is 150 Å². The lowest BCUT2D eigenvalue weighted by Crippen LogP contribution is -2.43. The molecule has 1 N–H and O–H groups in total. The number of likely N-dealkylation sites (tertiary alicyclic amines) is 1. The molecule has 0 unspecified atom stereocenters. The maximum Gasteiger partial charge on any atom is 0.573 e. The van der Waals surface area contributed by atoms with Gasteiger partial charge in [-0.3, -0.25) is 9.59 Å². The van der Waals surface area contributed by atoms with E-state index in [0.29, 0.717) is 12.1 Å². The summed E-state index contributed by atoms with van der Waals surface area (Å²) in [5.41, 5.74) is 0.00364. The fourth-order valence-electron chi connectivity index (χ4n) is 2.93. The summed E-state index contributed by atoms with van der Waals surface area (Å²) in [7, 11) is 0. The van der Waals surface area contributed by atoms with Crippen molar-refractivity contribution < 1.29 is 27.5 Å². The van der Waals surface area contributed by atoms with Gasteiger partial charge < -0.3 is 15.0 Å². The van der Waals surface area contributed by atoms with Crippen LogP contribution >= 0.6 is 0 Å². The number of amides is 2. The lowest BCUT2D eigenvalue weighted by molar-refractivity contribution is -0.274. The molecule has 0 spiro atoms. The number of rotatable bonds is 5. The smallest absolute Gasteiger partial charge is 0.406 e. The van der Waals surface area contributed by atoms with Crippen molar-refractivity contribution in [1.29, 1.82) is 0 Å². The van der Waals surface area contributed by atoms with Gasteiger partial charge in [-0.15, -0.1) is 13.2 Å². The number of para-hydroxylation sites is 1. The van der Waals surface area contributed by atoms with Crippen molar-refractivity contribution in [3.05, 3.63) is 29.8 Å². The summed E-state index contributed by atoms with van der Waals surface area (Å²) in [6.45, 7) is 6.23. The highest BCUT2D eigenvalue weighted by Gasteiger charge is 2.39. The standard InChI is InChI=1S/C18H23F3N2O3/c1-17(2,3)23-11-13(10-15(23)24)16(25)22-9-8-12-6-4-5-7-14(12)26-18(19,20)21/h4-7,13H,8-11H2,1-3H3,(H,22,25)/t13-/m0/s1. The van der Waals surface area contributed by atoms with Crippen LogP contribution in [0.5, 0.6) is 5.75 Å². The number of benzene rings is 1. The van der Waals surface area contributed by atoms with E-state index in [4.69, 9.17) is 0 Å². The monoisotopic (exact) mass is 372 g/mol. The Morgan fingerprint density at radius 2 is 1.92 bits per heavy atom. The molecule has 1 atom stereocenters. The number of nitrogens with one attached hydrogen (secondary N) is 1. The van der Waals surface area contributed by atoms with E-state index in [1.807, 2.05) is 20.8 Å². The van der Waals surface area contributed by atoms with Gasteiger partial charge in [-0.1, -0.05) is 18.2 Å². The maximum atomic E-state index is 12.4. The van der Waals surface area contributed by atoms with Crippen molar-refractivity contribution in [1.82, 2.24) is 10.2 Å². The van der Waals surface area contributed by atoms with Crippen LogP contribution in [0.2, 0.25) is 0 Å². The summed E-state index contributed by atoms with van der Waals surface area (Å²) >= 11 is 0. The van der Waals surface area contributed by atoms with Crippen LogP contribution in [0.15, 0.2) is 24.3 Å². The second-order valence-corrected chi connectivity index (χ2v) is 7.27. The summed E-state index contributed by atoms with van der Waals surface area (Å²) in [6.07, 6.45) is -4.42. The van der Waals surface area contributed by atoms with Gasteiger partial charge in [0.15, 0.2) is 0 Å². The second-order valence-electron chi connectivity index (χ2n) is 7.27. The summed E-state index contributed by atoms with van der Waals surface area (Å²) in [4.78, 5) is 26.0. The minimum atomic E-state index is -4.76. The average Bonchev–Trinajstić information content (AvgIpc) is 2.89. The molecular formula is C18H23F3N2O3. The molecular weight excluding hydrogens is 349 g/mol. The van der Waals surface area contributed by atoms with Gasteiger partial charge in [-0.2, -0.15) is 0 Å². The van der Waals surface area contributed by atoms with Gasteiger partial charge >= 0.3 is 6.36 Å². The molecule has 1 saturated heterocycles. The zero-order chi connectivity index (χ0) is 19.5. The van der Waals surface area contributed by atoms with Gasteiger partial charge in [0, 0.05) is 25.0 Å². The largest absolute Gasteiger partial charge is 0.573 e. The fourth-order valence-corrected chi connectivity index (χ4v) is 2.93. The highest BCUT2D eigenvalue weighted by molar-refractivity contribution is 5.89. The Bertz CT molecular complexity index is 668. The van der Waals surface area contributed by atoms with Crippen LogP contribution in [0.25, 0.3) is 0 Å². The number of halogens is 3. The van der Waals surface area contributed by atoms with Crippen LogP contribution in [0, 0.1) is 5.92 Å². The van der Waals surface area contributed by atoms with E-state index >= 15 is 0 Å². The molecule has 1 heterocycles. The Balaban J connectivity index is 1.89. The molecule has 144 valence electrons. The lowest BCUT2D eigenvalue weighted by Gasteiger charge is -2.31. The highest BCUT2D eigenvalue weighted by atomic mass is 19.4. The highest BCUT2D eigenvalue weighted by Crippen LogP contribution is 2.27. The molecule has 1 fully saturated rings. The lowest BCUT2D eigenvalue weighted by atomic mass is 10.1. The number of carbonyl (C=O) groups is 2. The zero-order valence-corrected chi connectivity index (χ0v) is 15.0. The summed E-state index contributed by atoms with van der Waals surface area (Å²) in [5, 5.41) is 2.70. The van der Waals surface area contributed by atoms with Crippen molar-refractivity contribution in [2.45, 2.75) is 45.5 Å². The molecule has 2 rings (SSSR count). The summed E-state index contributed by atoms with van der Waals surface area (Å²) in [6, 6.07) is 5.82. The Morgan fingerprint density at radius 1 is 1.27 bits per heavy atom. The first-order valence-electron chi connectivity index (χ1n) is 8.39. The van der Waals surface area contributed by atoms with Crippen LogP contribution in [-0.2, 0) is 16.0 Å². The Hall–Kier alpha value is -2.25. The van der Waals surface area contributed by atoms with E-state index in [9.17, 15) is 22.8 Å². The molecule has 1 aliphatic rings. The molecule has 1 aromatic rings. The average molecular weight is 372 g/mol. The SMILES string of the molecule is CC(C)(C)N1C[C@@H](C(=O)NCCc2ccccc2OC(F)(F)F)CC1=O. The fraction of sp³-hybridized carbons (Fsp3) is 0.556. The van der Waals surface area contributed by atoms with E-state index in [0.717, 1.165) is 0 Å². The normalized spacial score (nSPS) is 18.2. The number of hydrogen-bond donors (Lipinski definition) is 1. The first-order chi connectivity index (χ1) is 12.0. The van der Waals surface area contributed by atoms with E-state index in [1.165, 1.54) is 18.2 Å². The van der Waals surface area contributed by atoms with Crippen molar-refractivity contribution in [3.8, 4) is 5.75 Å². The van der Waals surface area contributed by atoms with Gasteiger partial charge in [0.05, 0.1) is 5.92 Å². The van der Waals surface area contributed by atoms with Crippen molar-refractivity contribution in [3.63, 3.8) is 0 Å². The first-order valence-corrected chi connectivity index (χ1v) is 8.39. The van der Waals surface area contributed by atoms with E-state index in [-0.39, 0.29) is 42.5 Å². The van der Waals surface area contributed by atoms with E-state index < -0.39 is 12.3 Å². The molecule has 0 bridgehead atoms. The molecule has 0 aromatic heterocycles. The molecule has 8 heteroatoms. The van der Waals surface area contributed by atoms with E-state index in [2.05, 4.69) is 10.1 Å². The van der Waals surface area contributed by atoms with Crippen molar-refractivity contribution in [2.24, 2.45) is 5.92 Å². The Kier molecular flexibility index (Phi) is 5.83. The number of hydrogen-bond acceptors (Lipinski definition) is 3. The van der Waals surface area contributed by atoms with Crippen LogP contribution in [0.3, 0.4) is 0 Å². The number of carbonyl (C=O) groups excluding carboxylic acids is 2. The predicted molar refractivity (Wildman–Crippen MR) is 89.4 cm³/mol. The number of ether oxygens (including phenoxy) is 1. The molecule has 26 heavy (non-hydrogen) atoms. The zero-order valence-electron chi connectivity index (χ0n) is 15.0. The van der Waals surface area contributed by atoms with Gasteiger partial charge in [0.1, 0.15) is 5.75 Å². The van der Waals surface area contributed by atoms with Crippen molar-refractivity contribution >= 4 is 11.8 Å². The minimum Gasteiger partial charge on any atom is -0.406 e. The van der Waals surface area contributed by atoms with Crippen molar-refractivity contribution in [2.75, 3.05) is 13.1 Å². The molecule has 5 nitrogen and oxygen atoms in total. The van der Waals surface area contributed by atoms with Gasteiger partial charge in [0.25, 0.3) is 0 Å². The molecule has 1 aliphatic heterocycles. The molecule has 0 aliphatic carbocycles. The molecule has 0 saturated carbocycles. The molecule has 0 radical (unpaired) electrons. The number of nitrogens with zero attached hydrogens (tertiary/aromatic N) is 1. The maximum absolute atomic E-state index is 12.4. The third-order valence-electron chi connectivity index (χ3n) is 4.20. The summed E-state index contributed by atoms with van der Waals surface area (Å²) in [5.74, 6) is -1.05. The van der Waals surface area contributed by atoms with Crippen LogP contribution in [0.4, 0.5) is 13.2 Å². The Morgan fingerprint density at radius 3 is 2.50 bits per heavy atom. The topological polar surface area (TPSA) is 58.6 Å². The second kappa shape index (κ2) is 7.55. The number of alkyl halides is 3. The molecule has 2 amide bonds. The third kappa shape index (κ3) is 5.37. The van der Waals surface area contributed by atoms with Crippen LogP contribution < -0.4 is 10.1 Å².